The lowest BCUT2D eigenvalue weighted by atomic mass is 10.2. The van der Waals surface area contributed by atoms with Crippen molar-refractivity contribution in [2.24, 2.45) is 0 Å². The first-order valence-electron chi connectivity index (χ1n) is 7.14. The molecule has 0 fully saturated rings. The van der Waals surface area contributed by atoms with Gasteiger partial charge in [0.25, 0.3) is 11.6 Å². The molecule has 0 aromatic heterocycles. The van der Waals surface area contributed by atoms with Gasteiger partial charge in [-0.3, -0.25) is 14.9 Å². The molecule has 0 saturated carbocycles. The number of hydrogen-bond donors (Lipinski definition) is 2. The quantitative estimate of drug-likeness (QED) is 0.607. The molecule has 2 aromatic rings. The molecule has 1 atom stereocenters. The first kappa shape index (κ1) is 18.2. The second kappa shape index (κ2) is 8.10. The van der Waals surface area contributed by atoms with Gasteiger partial charge >= 0.3 is 0 Å². The third-order valence-corrected chi connectivity index (χ3v) is 3.92. The van der Waals surface area contributed by atoms with Crippen molar-refractivity contribution < 1.29 is 14.6 Å². The van der Waals surface area contributed by atoms with Gasteiger partial charge in [-0.05, 0) is 24.3 Å². The van der Waals surface area contributed by atoms with Gasteiger partial charge in [0.05, 0.1) is 17.0 Å². The second-order valence-corrected chi connectivity index (χ2v) is 6.24. The fourth-order valence-electron chi connectivity index (χ4n) is 2.20. The van der Waals surface area contributed by atoms with Crippen LogP contribution in [-0.2, 0) is 11.3 Å². The Morgan fingerprint density at radius 2 is 1.88 bits per heavy atom. The normalized spacial score (nSPS) is 11.8. The summed E-state index contributed by atoms with van der Waals surface area (Å²) in [6, 6.07) is 11.0. The highest BCUT2D eigenvalue weighted by Gasteiger charge is 2.13. The Morgan fingerprint density at radius 1 is 1.21 bits per heavy atom. The van der Waals surface area contributed by atoms with Crippen molar-refractivity contribution in [3.8, 4) is 0 Å². The van der Waals surface area contributed by atoms with Crippen molar-refractivity contribution in [2.45, 2.75) is 6.54 Å². The Kier molecular flexibility index (Phi) is 6.14. The Hall–Kier alpha value is -2.15. The van der Waals surface area contributed by atoms with Crippen LogP contribution in [0.1, 0.15) is 5.56 Å². The van der Waals surface area contributed by atoms with Gasteiger partial charge < -0.3 is 10.2 Å². The van der Waals surface area contributed by atoms with Crippen LogP contribution in [0.2, 0.25) is 10.0 Å². The van der Waals surface area contributed by atoms with Crippen LogP contribution in [0.5, 0.6) is 0 Å². The molecule has 0 aliphatic carbocycles. The number of amides is 1. The largest absolute Gasteiger partial charge is 0.326 e. The summed E-state index contributed by atoms with van der Waals surface area (Å²) in [5.74, 6) is -0.188. The maximum atomic E-state index is 12.1. The summed E-state index contributed by atoms with van der Waals surface area (Å²) in [4.78, 5) is 23.1. The molecule has 2 rings (SSSR count). The summed E-state index contributed by atoms with van der Waals surface area (Å²) < 4.78 is 0. The van der Waals surface area contributed by atoms with Crippen molar-refractivity contribution in [3.05, 3.63) is 68.2 Å². The summed E-state index contributed by atoms with van der Waals surface area (Å²) in [7, 11) is 1.88. The summed E-state index contributed by atoms with van der Waals surface area (Å²) >= 11 is 12.0. The Labute approximate surface area is 149 Å². The second-order valence-electron chi connectivity index (χ2n) is 5.40. The minimum Gasteiger partial charge on any atom is -0.326 e. The molecule has 6 nitrogen and oxygen atoms in total. The lowest BCUT2D eigenvalue weighted by Gasteiger charge is -2.15. The molecule has 126 valence electrons. The number of non-ortho nitro benzene ring substituents is 1. The lowest BCUT2D eigenvalue weighted by Crippen LogP contribution is -3.08. The number of nitrogens with zero attached hydrogens (tertiary/aromatic N) is 1. The minimum absolute atomic E-state index is 0.0203. The number of nitro benzene ring substituents is 1. The van der Waals surface area contributed by atoms with Crippen LogP contribution in [0.4, 0.5) is 11.4 Å². The third kappa shape index (κ3) is 5.19. The summed E-state index contributed by atoms with van der Waals surface area (Å²) in [5.41, 5.74) is 1.40. The fraction of sp³-hybridized carbons (Fsp3) is 0.188. The highest BCUT2D eigenvalue weighted by molar-refractivity contribution is 6.35. The number of carbonyl (C=O) groups excluding carboxylic acids is 1. The Morgan fingerprint density at radius 3 is 2.46 bits per heavy atom. The van der Waals surface area contributed by atoms with Crippen molar-refractivity contribution in [1.82, 2.24) is 0 Å². The maximum Gasteiger partial charge on any atom is 0.279 e. The summed E-state index contributed by atoms with van der Waals surface area (Å²) in [6.07, 6.45) is 0. The van der Waals surface area contributed by atoms with E-state index in [1.54, 1.807) is 12.1 Å². The summed E-state index contributed by atoms with van der Waals surface area (Å²) in [5, 5.41) is 14.4. The highest BCUT2D eigenvalue weighted by atomic mass is 35.5. The van der Waals surface area contributed by atoms with Gasteiger partial charge in [0.1, 0.15) is 6.54 Å². The van der Waals surface area contributed by atoms with E-state index < -0.39 is 4.92 Å². The number of rotatable bonds is 6. The molecule has 0 heterocycles. The average Bonchev–Trinajstić information content (AvgIpc) is 2.50. The van der Waals surface area contributed by atoms with E-state index in [1.807, 2.05) is 13.1 Å². The minimum atomic E-state index is -0.487. The van der Waals surface area contributed by atoms with Crippen LogP contribution in [-0.4, -0.2) is 24.4 Å². The van der Waals surface area contributed by atoms with Gasteiger partial charge in [0.15, 0.2) is 6.54 Å². The zero-order valence-electron chi connectivity index (χ0n) is 12.9. The predicted molar refractivity (Wildman–Crippen MR) is 93.6 cm³/mol. The molecule has 8 heteroatoms. The SMILES string of the molecule is C[NH+](CC(=O)Nc1ccc([N+](=O)[O-])cc1)Cc1ccc(Cl)cc1Cl. The van der Waals surface area contributed by atoms with Crippen LogP contribution in [0.25, 0.3) is 0 Å². The smallest absolute Gasteiger partial charge is 0.279 e. The molecule has 2 N–H and O–H groups in total. The van der Waals surface area contributed by atoms with Gasteiger partial charge in [0.2, 0.25) is 0 Å². The van der Waals surface area contributed by atoms with E-state index in [4.69, 9.17) is 23.2 Å². The van der Waals surface area contributed by atoms with Crippen LogP contribution in [0, 0.1) is 10.1 Å². The molecule has 1 amide bonds. The zero-order valence-corrected chi connectivity index (χ0v) is 14.4. The zero-order chi connectivity index (χ0) is 17.7. The molecule has 0 spiro atoms. The lowest BCUT2D eigenvalue weighted by molar-refractivity contribution is -0.885. The van der Waals surface area contributed by atoms with Gasteiger partial charge in [-0.25, -0.2) is 0 Å². The number of likely N-dealkylation sites (N-methyl/N-ethyl adjacent to an activating group) is 1. The van der Waals surface area contributed by atoms with Crippen molar-refractivity contribution >= 4 is 40.5 Å². The van der Waals surface area contributed by atoms with E-state index in [0.717, 1.165) is 10.5 Å². The van der Waals surface area contributed by atoms with Gasteiger partial charge in [-0.15, -0.1) is 0 Å². The Balaban J connectivity index is 1.90. The van der Waals surface area contributed by atoms with Gasteiger partial charge in [-0.1, -0.05) is 29.3 Å². The van der Waals surface area contributed by atoms with E-state index >= 15 is 0 Å². The maximum absolute atomic E-state index is 12.1. The van der Waals surface area contributed by atoms with Crippen molar-refractivity contribution in [2.75, 3.05) is 18.9 Å². The van der Waals surface area contributed by atoms with Gasteiger partial charge in [-0.2, -0.15) is 0 Å². The molecule has 0 aliphatic rings. The van der Waals surface area contributed by atoms with E-state index in [2.05, 4.69) is 5.32 Å². The first-order chi connectivity index (χ1) is 11.3. The first-order valence-corrected chi connectivity index (χ1v) is 7.90. The van der Waals surface area contributed by atoms with Crippen LogP contribution < -0.4 is 10.2 Å². The van der Waals surface area contributed by atoms with E-state index in [1.165, 1.54) is 24.3 Å². The fourth-order valence-corrected chi connectivity index (χ4v) is 2.67. The summed E-state index contributed by atoms with van der Waals surface area (Å²) in [6.45, 7) is 0.805. The molecule has 24 heavy (non-hydrogen) atoms. The molecule has 0 bridgehead atoms. The van der Waals surface area contributed by atoms with E-state index in [9.17, 15) is 14.9 Å². The number of benzene rings is 2. The number of halogens is 2. The van der Waals surface area contributed by atoms with Crippen LogP contribution in [0.15, 0.2) is 42.5 Å². The number of quaternary nitrogens is 1. The molecule has 1 unspecified atom stereocenters. The molecule has 0 saturated heterocycles. The third-order valence-electron chi connectivity index (χ3n) is 3.33. The molecular weight excluding hydrogens is 353 g/mol. The number of nitro groups is 1. The van der Waals surface area contributed by atoms with Crippen LogP contribution >= 0.6 is 23.2 Å². The van der Waals surface area contributed by atoms with Crippen molar-refractivity contribution in [3.63, 3.8) is 0 Å². The van der Waals surface area contributed by atoms with Gasteiger partial charge in [0, 0.05) is 28.4 Å². The van der Waals surface area contributed by atoms with Crippen LogP contribution in [0.3, 0.4) is 0 Å². The predicted octanol–water partition coefficient (Wildman–Crippen LogP) is 2.56. The Bertz CT molecular complexity index is 751. The standard InChI is InChI=1S/C16H15Cl2N3O3/c1-20(9-11-2-3-12(17)8-15(11)18)10-16(22)19-13-4-6-14(7-5-13)21(23)24/h2-8H,9-10H2,1H3,(H,19,22)/p+1. The van der Waals surface area contributed by atoms with E-state index in [-0.39, 0.29) is 18.1 Å². The molecule has 2 aromatic carbocycles. The molecule has 0 aliphatic heterocycles. The topological polar surface area (TPSA) is 76.7 Å². The number of nitrogens with one attached hydrogen (secondary N) is 2. The highest BCUT2D eigenvalue weighted by Crippen LogP contribution is 2.20. The number of carbonyl (C=O) groups is 1. The number of anilines is 1. The van der Waals surface area contributed by atoms with E-state index in [0.29, 0.717) is 22.3 Å². The number of hydrogen-bond acceptors (Lipinski definition) is 3. The molecule has 0 radical (unpaired) electrons. The van der Waals surface area contributed by atoms with Crippen molar-refractivity contribution in [1.29, 1.82) is 0 Å². The average molecular weight is 369 g/mol. The molecular formula is C16H16Cl2N3O3+. The monoisotopic (exact) mass is 368 g/mol.